The number of fused-ring (bicyclic) bond motifs is 1. The van der Waals surface area contributed by atoms with E-state index in [2.05, 4.69) is 39.6 Å². The summed E-state index contributed by atoms with van der Waals surface area (Å²) in [6.45, 7) is 6.22. The second-order valence-electron chi connectivity index (χ2n) is 9.19. The lowest BCUT2D eigenvalue weighted by Crippen LogP contribution is -2.20. The fourth-order valence-electron chi connectivity index (χ4n) is 4.37. The largest absolute Gasteiger partial charge is 0.327 e. The highest BCUT2D eigenvalue weighted by Gasteiger charge is 2.26. The highest BCUT2D eigenvalue weighted by molar-refractivity contribution is 5.81. The third-order valence-electron chi connectivity index (χ3n) is 6.39. The maximum atomic E-state index is 13.6. The van der Waals surface area contributed by atoms with Crippen LogP contribution in [0.2, 0.25) is 0 Å². The van der Waals surface area contributed by atoms with Gasteiger partial charge in [0.15, 0.2) is 5.82 Å². The zero-order chi connectivity index (χ0) is 23.4. The van der Waals surface area contributed by atoms with Crippen LogP contribution in [0.1, 0.15) is 49.9 Å². The molecule has 0 radical (unpaired) electrons. The summed E-state index contributed by atoms with van der Waals surface area (Å²) >= 11 is 0. The van der Waals surface area contributed by atoms with Gasteiger partial charge in [-0.05, 0) is 63.4 Å². The molecular weight excluding hydrogens is 426 g/mol. The summed E-state index contributed by atoms with van der Waals surface area (Å²) < 4.78 is 5.56. The molecule has 1 fully saturated rings. The molecule has 6 rings (SSSR count). The Hall–Kier alpha value is -4.07. The van der Waals surface area contributed by atoms with Crippen molar-refractivity contribution in [3.63, 3.8) is 0 Å². The standard InChI is InChI=1S/C26H25N7O/c1-16(2)32-10-9-27-25(32)20-5-4-6-24(30-20)33-15-29-21-11-17(3)23(12-19(21)26(33)34)31-13-22(28-14-31)18-7-8-18/h4-6,9-16,18H,7-8H2,1-3H3. The normalized spacial score (nSPS) is 13.8. The van der Waals surface area contributed by atoms with Gasteiger partial charge in [0, 0.05) is 30.6 Å². The van der Waals surface area contributed by atoms with Crippen LogP contribution < -0.4 is 5.56 Å². The maximum Gasteiger partial charge on any atom is 0.267 e. The van der Waals surface area contributed by atoms with Gasteiger partial charge in [-0.2, -0.15) is 0 Å². The molecule has 4 aromatic heterocycles. The first-order valence-corrected chi connectivity index (χ1v) is 11.6. The van der Waals surface area contributed by atoms with Gasteiger partial charge >= 0.3 is 0 Å². The first-order chi connectivity index (χ1) is 16.5. The predicted octanol–water partition coefficient (Wildman–Crippen LogP) is 4.60. The van der Waals surface area contributed by atoms with Crippen LogP contribution in [0, 0.1) is 6.92 Å². The number of rotatable bonds is 5. The van der Waals surface area contributed by atoms with Crippen LogP contribution in [0.15, 0.2) is 66.4 Å². The van der Waals surface area contributed by atoms with E-state index in [0.717, 1.165) is 22.8 Å². The van der Waals surface area contributed by atoms with Crippen molar-refractivity contribution in [2.24, 2.45) is 0 Å². The minimum absolute atomic E-state index is 0.161. The molecule has 1 aliphatic rings. The fraction of sp³-hybridized carbons (Fsp3) is 0.269. The third-order valence-corrected chi connectivity index (χ3v) is 6.39. The molecule has 0 spiro atoms. The molecule has 0 N–H and O–H groups in total. The number of hydrogen-bond donors (Lipinski definition) is 0. The summed E-state index contributed by atoms with van der Waals surface area (Å²) in [7, 11) is 0. The molecule has 1 aliphatic carbocycles. The van der Waals surface area contributed by atoms with E-state index < -0.39 is 0 Å². The molecule has 0 aliphatic heterocycles. The fourth-order valence-corrected chi connectivity index (χ4v) is 4.37. The van der Waals surface area contributed by atoms with Crippen LogP contribution in [0.5, 0.6) is 0 Å². The predicted molar refractivity (Wildman–Crippen MR) is 131 cm³/mol. The number of hydrogen-bond acceptors (Lipinski definition) is 5. The van der Waals surface area contributed by atoms with Gasteiger partial charge in [0.05, 0.1) is 28.6 Å². The van der Waals surface area contributed by atoms with E-state index in [1.165, 1.54) is 17.4 Å². The second-order valence-corrected chi connectivity index (χ2v) is 9.19. The van der Waals surface area contributed by atoms with Crippen molar-refractivity contribution in [3.05, 3.63) is 83.2 Å². The van der Waals surface area contributed by atoms with E-state index in [-0.39, 0.29) is 11.6 Å². The van der Waals surface area contributed by atoms with Gasteiger partial charge in [-0.1, -0.05) is 6.07 Å². The van der Waals surface area contributed by atoms with Crippen LogP contribution in [0.4, 0.5) is 0 Å². The Balaban J connectivity index is 1.45. The maximum absolute atomic E-state index is 13.6. The Labute approximate surface area is 196 Å². The molecule has 8 heteroatoms. The molecule has 0 atom stereocenters. The smallest absolute Gasteiger partial charge is 0.267 e. The number of imidazole rings is 2. The summed E-state index contributed by atoms with van der Waals surface area (Å²) in [6, 6.07) is 9.72. The van der Waals surface area contributed by atoms with Crippen LogP contribution in [-0.2, 0) is 0 Å². The molecule has 0 saturated heterocycles. The average Bonchev–Trinajstić information content (AvgIpc) is 3.35. The van der Waals surface area contributed by atoms with Crippen molar-refractivity contribution in [2.75, 3.05) is 0 Å². The Morgan fingerprint density at radius 1 is 1.06 bits per heavy atom. The van der Waals surface area contributed by atoms with Gasteiger partial charge in [0.25, 0.3) is 5.56 Å². The van der Waals surface area contributed by atoms with Crippen molar-refractivity contribution < 1.29 is 0 Å². The second kappa shape index (κ2) is 7.76. The number of benzene rings is 1. The first-order valence-electron chi connectivity index (χ1n) is 11.6. The van der Waals surface area contributed by atoms with E-state index in [1.54, 1.807) is 12.5 Å². The molecule has 1 saturated carbocycles. The van der Waals surface area contributed by atoms with Crippen LogP contribution >= 0.6 is 0 Å². The number of pyridine rings is 1. The first kappa shape index (κ1) is 20.5. The summed E-state index contributed by atoms with van der Waals surface area (Å²) in [5.74, 6) is 1.85. The Morgan fingerprint density at radius 2 is 1.91 bits per heavy atom. The molecule has 1 aromatic carbocycles. The highest BCUT2D eigenvalue weighted by Crippen LogP contribution is 2.39. The van der Waals surface area contributed by atoms with Gasteiger partial charge in [-0.3, -0.25) is 9.36 Å². The number of aryl methyl sites for hydroxylation is 1. The molecule has 5 aromatic rings. The molecule has 4 heterocycles. The Morgan fingerprint density at radius 3 is 2.71 bits per heavy atom. The lowest BCUT2D eigenvalue weighted by molar-refractivity contribution is 0.605. The summed E-state index contributed by atoms with van der Waals surface area (Å²) in [5, 5.41) is 0.542. The van der Waals surface area contributed by atoms with Gasteiger partial charge in [0.1, 0.15) is 17.8 Å². The van der Waals surface area contributed by atoms with E-state index in [0.29, 0.717) is 28.3 Å². The van der Waals surface area contributed by atoms with Crippen LogP contribution in [-0.4, -0.2) is 33.6 Å². The van der Waals surface area contributed by atoms with E-state index >= 15 is 0 Å². The monoisotopic (exact) mass is 451 g/mol. The van der Waals surface area contributed by atoms with Gasteiger partial charge < -0.3 is 9.13 Å². The average molecular weight is 452 g/mol. The van der Waals surface area contributed by atoms with E-state index in [9.17, 15) is 4.79 Å². The van der Waals surface area contributed by atoms with Gasteiger partial charge in [-0.15, -0.1) is 0 Å². The number of aromatic nitrogens is 7. The number of nitrogens with zero attached hydrogens (tertiary/aromatic N) is 7. The van der Waals surface area contributed by atoms with E-state index in [1.807, 2.05) is 54.3 Å². The van der Waals surface area contributed by atoms with Crippen LogP contribution in [0.25, 0.3) is 33.9 Å². The molecule has 0 amide bonds. The molecule has 0 bridgehead atoms. The minimum atomic E-state index is -0.161. The topological polar surface area (TPSA) is 83.4 Å². The summed E-state index contributed by atoms with van der Waals surface area (Å²) in [4.78, 5) is 31.9. The van der Waals surface area contributed by atoms with Crippen molar-refractivity contribution in [3.8, 4) is 23.0 Å². The molecule has 0 unspecified atom stereocenters. The van der Waals surface area contributed by atoms with Crippen molar-refractivity contribution in [1.29, 1.82) is 0 Å². The van der Waals surface area contributed by atoms with Crippen molar-refractivity contribution >= 4 is 10.9 Å². The Kier molecular flexibility index (Phi) is 4.69. The molecule has 170 valence electrons. The zero-order valence-corrected chi connectivity index (χ0v) is 19.4. The lowest BCUT2D eigenvalue weighted by Gasteiger charge is -2.13. The highest BCUT2D eigenvalue weighted by atomic mass is 16.1. The molecular formula is C26H25N7O. The SMILES string of the molecule is Cc1cc2ncn(-c3cccc(-c4nccn4C(C)C)n3)c(=O)c2cc1-n1cnc(C2CC2)c1. The lowest BCUT2D eigenvalue weighted by atomic mass is 10.1. The quantitative estimate of drug-likeness (QED) is 0.390. The molecule has 34 heavy (non-hydrogen) atoms. The molecule has 8 nitrogen and oxygen atoms in total. The zero-order valence-electron chi connectivity index (χ0n) is 19.4. The van der Waals surface area contributed by atoms with E-state index in [4.69, 9.17) is 4.98 Å². The third kappa shape index (κ3) is 3.42. The Bertz CT molecular complexity index is 1590. The van der Waals surface area contributed by atoms with Crippen molar-refractivity contribution in [2.45, 2.75) is 45.6 Å². The summed E-state index contributed by atoms with van der Waals surface area (Å²) in [5.41, 5.74) is 4.30. The summed E-state index contributed by atoms with van der Waals surface area (Å²) in [6.07, 6.45) is 11.6. The van der Waals surface area contributed by atoms with Crippen molar-refractivity contribution in [1.82, 2.24) is 33.6 Å². The minimum Gasteiger partial charge on any atom is -0.327 e. The van der Waals surface area contributed by atoms with Crippen LogP contribution in [0.3, 0.4) is 0 Å². The van der Waals surface area contributed by atoms with Gasteiger partial charge in [-0.25, -0.2) is 19.9 Å². The van der Waals surface area contributed by atoms with Gasteiger partial charge in [0.2, 0.25) is 0 Å².